The van der Waals surface area contributed by atoms with Crippen molar-refractivity contribution in [3.8, 4) is 28.4 Å². The first kappa shape index (κ1) is 24.1. The van der Waals surface area contributed by atoms with Crippen LogP contribution >= 0.6 is 0 Å². The zero-order valence-electron chi connectivity index (χ0n) is 20.4. The van der Waals surface area contributed by atoms with Crippen molar-refractivity contribution in [1.29, 1.82) is 0 Å². The summed E-state index contributed by atoms with van der Waals surface area (Å²) in [4.78, 5) is 14.6. The molecule has 1 aromatic carbocycles. The molecule has 1 saturated heterocycles. The number of benzene rings is 1. The van der Waals surface area contributed by atoms with E-state index in [0.717, 1.165) is 66.8 Å². The quantitative estimate of drug-likeness (QED) is 0.493. The van der Waals surface area contributed by atoms with E-state index in [-0.39, 0.29) is 6.61 Å². The molecule has 34 heavy (non-hydrogen) atoms. The molecule has 2 aromatic heterocycles. The molecule has 9 heteroatoms. The maximum Gasteiger partial charge on any atom is 0.162 e. The largest absolute Gasteiger partial charge is 0.491 e. The molecule has 2 N–H and O–H groups in total. The van der Waals surface area contributed by atoms with Gasteiger partial charge in [-0.15, -0.1) is 0 Å². The Balaban J connectivity index is 1.68. The highest BCUT2D eigenvalue weighted by molar-refractivity contribution is 5.71. The highest BCUT2D eigenvalue weighted by atomic mass is 16.5. The molecular formula is C25H34N6O3. The lowest BCUT2D eigenvalue weighted by Gasteiger charge is -2.35. The molecule has 0 bridgehead atoms. The smallest absolute Gasteiger partial charge is 0.162 e. The Bertz CT molecular complexity index is 1070. The number of rotatable bonds is 9. The molecule has 1 atom stereocenters. The minimum atomic E-state index is -0.582. The lowest BCUT2D eigenvalue weighted by Crippen LogP contribution is -2.46. The third kappa shape index (κ3) is 5.55. The second-order valence-corrected chi connectivity index (χ2v) is 8.61. The summed E-state index contributed by atoms with van der Waals surface area (Å²) >= 11 is 0. The van der Waals surface area contributed by atoms with Crippen molar-refractivity contribution in [3.63, 3.8) is 0 Å². The van der Waals surface area contributed by atoms with Crippen molar-refractivity contribution < 1.29 is 14.4 Å². The Labute approximate surface area is 200 Å². The summed E-state index contributed by atoms with van der Waals surface area (Å²) in [5, 5.41) is 17.0. The molecule has 0 saturated carbocycles. The third-order valence-electron chi connectivity index (χ3n) is 6.12. The van der Waals surface area contributed by atoms with Crippen molar-refractivity contribution >= 4 is 5.82 Å². The van der Waals surface area contributed by atoms with Crippen LogP contribution in [0, 0.1) is 13.8 Å². The summed E-state index contributed by atoms with van der Waals surface area (Å²) < 4.78 is 11.2. The van der Waals surface area contributed by atoms with Gasteiger partial charge >= 0.3 is 0 Å². The normalized spacial score (nSPS) is 15.5. The number of anilines is 1. The summed E-state index contributed by atoms with van der Waals surface area (Å²) in [7, 11) is 1.80. The number of ether oxygens (including phenoxy) is 1. The van der Waals surface area contributed by atoms with Gasteiger partial charge in [0, 0.05) is 44.4 Å². The molecule has 0 spiro atoms. The van der Waals surface area contributed by atoms with Gasteiger partial charge in [-0.2, -0.15) is 0 Å². The predicted molar refractivity (Wildman–Crippen MR) is 132 cm³/mol. The fourth-order valence-electron chi connectivity index (χ4n) is 4.21. The first-order valence-electron chi connectivity index (χ1n) is 11.8. The number of aryl methyl sites for hydroxylation is 2. The van der Waals surface area contributed by atoms with Crippen LogP contribution in [-0.4, -0.2) is 84.2 Å². The Kier molecular flexibility index (Phi) is 7.77. The topological polar surface area (TPSA) is 99.8 Å². The van der Waals surface area contributed by atoms with Crippen LogP contribution in [0.25, 0.3) is 22.6 Å². The third-order valence-corrected chi connectivity index (χ3v) is 6.12. The first-order valence-corrected chi connectivity index (χ1v) is 11.8. The van der Waals surface area contributed by atoms with Gasteiger partial charge in [0.25, 0.3) is 0 Å². The molecule has 1 fully saturated rings. The Hall–Kier alpha value is -3.01. The Morgan fingerprint density at radius 1 is 1.15 bits per heavy atom. The van der Waals surface area contributed by atoms with Crippen LogP contribution < -0.4 is 15.0 Å². The minimum Gasteiger partial charge on any atom is -0.491 e. The van der Waals surface area contributed by atoms with Crippen molar-refractivity contribution in [3.05, 3.63) is 41.8 Å². The van der Waals surface area contributed by atoms with Gasteiger partial charge in [-0.1, -0.05) is 24.2 Å². The number of hydrogen-bond acceptors (Lipinski definition) is 9. The average Bonchev–Trinajstić information content (AvgIpc) is 3.20. The average molecular weight is 467 g/mol. The molecule has 0 aliphatic carbocycles. The number of aliphatic hydroxyl groups excluding tert-OH is 1. The summed E-state index contributed by atoms with van der Waals surface area (Å²) in [6.45, 7) is 11.6. The van der Waals surface area contributed by atoms with Crippen LogP contribution in [0.3, 0.4) is 0 Å². The standard InChI is InChI=1S/C25H34N6O3/c1-5-30-9-11-31(12-10-30)23-14-22(24-17(2)29-34-18(24)3)27-25(28-23)19-7-6-8-21(13-19)33-16-20(32)15-26-4/h6-8,13-14,20,26,32H,5,9-12,15-16H2,1-4H3. The molecule has 4 rings (SSSR count). The highest BCUT2D eigenvalue weighted by Crippen LogP contribution is 2.31. The van der Waals surface area contributed by atoms with Gasteiger partial charge in [0.05, 0.1) is 17.0 Å². The molecular weight excluding hydrogens is 432 g/mol. The lowest BCUT2D eigenvalue weighted by molar-refractivity contribution is 0.108. The van der Waals surface area contributed by atoms with E-state index in [2.05, 4.69) is 27.2 Å². The van der Waals surface area contributed by atoms with E-state index in [1.54, 1.807) is 7.05 Å². The SMILES string of the molecule is CCN1CCN(c2cc(-c3c(C)noc3C)nc(-c3cccc(OCC(O)CNC)c3)n2)CC1. The maximum atomic E-state index is 9.97. The molecule has 1 aliphatic rings. The van der Waals surface area contributed by atoms with E-state index >= 15 is 0 Å². The molecule has 0 amide bonds. The fourth-order valence-corrected chi connectivity index (χ4v) is 4.21. The van der Waals surface area contributed by atoms with Gasteiger partial charge in [0.1, 0.15) is 30.0 Å². The molecule has 1 aliphatic heterocycles. The zero-order chi connectivity index (χ0) is 24.1. The van der Waals surface area contributed by atoms with Crippen LogP contribution in [0.4, 0.5) is 5.82 Å². The van der Waals surface area contributed by atoms with Gasteiger partial charge < -0.3 is 29.5 Å². The number of piperazine rings is 1. The van der Waals surface area contributed by atoms with E-state index < -0.39 is 6.10 Å². The summed E-state index contributed by atoms with van der Waals surface area (Å²) in [5.74, 6) is 2.91. The zero-order valence-corrected chi connectivity index (χ0v) is 20.4. The molecule has 182 valence electrons. The van der Waals surface area contributed by atoms with E-state index in [4.69, 9.17) is 19.2 Å². The van der Waals surface area contributed by atoms with E-state index in [1.165, 1.54) is 0 Å². The van der Waals surface area contributed by atoms with Gasteiger partial charge in [-0.25, -0.2) is 9.97 Å². The second kappa shape index (κ2) is 10.9. The summed E-state index contributed by atoms with van der Waals surface area (Å²) in [6, 6.07) is 9.71. The van der Waals surface area contributed by atoms with Crippen LogP contribution in [0.15, 0.2) is 34.9 Å². The first-order chi connectivity index (χ1) is 16.5. The Morgan fingerprint density at radius 2 is 1.94 bits per heavy atom. The van der Waals surface area contributed by atoms with Crippen LogP contribution in [0.1, 0.15) is 18.4 Å². The van der Waals surface area contributed by atoms with Crippen molar-refractivity contribution in [2.75, 3.05) is 57.8 Å². The Morgan fingerprint density at radius 3 is 2.62 bits per heavy atom. The van der Waals surface area contributed by atoms with Crippen LogP contribution in [-0.2, 0) is 0 Å². The fraction of sp³-hybridized carbons (Fsp3) is 0.480. The van der Waals surface area contributed by atoms with Crippen molar-refractivity contribution in [2.24, 2.45) is 0 Å². The lowest BCUT2D eigenvalue weighted by atomic mass is 10.1. The van der Waals surface area contributed by atoms with Gasteiger partial charge in [0.15, 0.2) is 5.82 Å². The second-order valence-electron chi connectivity index (χ2n) is 8.61. The van der Waals surface area contributed by atoms with Crippen LogP contribution in [0.5, 0.6) is 5.75 Å². The monoisotopic (exact) mass is 466 g/mol. The number of hydrogen-bond donors (Lipinski definition) is 2. The molecule has 3 aromatic rings. The number of nitrogens with one attached hydrogen (secondary N) is 1. The van der Waals surface area contributed by atoms with Crippen LogP contribution in [0.2, 0.25) is 0 Å². The highest BCUT2D eigenvalue weighted by Gasteiger charge is 2.21. The van der Waals surface area contributed by atoms with E-state index in [0.29, 0.717) is 18.1 Å². The van der Waals surface area contributed by atoms with E-state index in [9.17, 15) is 5.11 Å². The number of aliphatic hydroxyl groups is 1. The number of aromatic nitrogens is 3. The minimum absolute atomic E-state index is 0.206. The number of likely N-dealkylation sites (N-methyl/N-ethyl adjacent to an activating group) is 2. The van der Waals surface area contributed by atoms with Crippen molar-refractivity contribution in [1.82, 2.24) is 25.3 Å². The molecule has 0 radical (unpaired) electrons. The van der Waals surface area contributed by atoms with Gasteiger partial charge in [-0.05, 0) is 39.6 Å². The number of nitrogens with zero attached hydrogens (tertiary/aromatic N) is 5. The van der Waals surface area contributed by atoms with Gasteiger partial charge in [0.2, 0.25) is 0 Å². The molecule has 3 heterocycles. The van der Waals surface area contributed by atoms with Crippen molar-refractivity contribution in [2.45, 2.75) is 26.9 Å². The summed E-state index contributed by atoms with van der Waals surface area (Å²) in [6.07, 6.45) is -0.582. The van der Waals surface area contributed by atoms with Gasteiger partial charge in [-0.3, -0.25) is 0 Å². The van der Waals surface area contributed by atoms with E-state index in [1.807, 2.05) is 44.2 Å². The molecule has 1 unspecified atom stereocenters. The predicted octanol–water partition coefficient (Wildman–Crippen LogP) is 2.52. The summed E-state index contributed by atoms with van der Waals surface area (Å²) in [5.41, 5.74) is 3.35. The molecule has 9 nitrogen and oxygen atoms in total. The maximum absolute atomic E-state index is 9.97.